The van der Waals surface area contributed by atoms with Crippen LogP contribution in [0.3, 0.4) is 0 Å². The van der Waals surface area contributed by atoms with Crippen LogP contribution in [0, 0.1) is 0 Å². The van der Waals surface area contributed by atoms with Gasteiger partial charge in [0.25, 0.3) is 0 Å². The van der Waals surface area contributed by atoms with Crippen LogP contribution in [-0.2, 0) is 35.2 Å². The van der Waals surface area contributed by atoms with Crippen LogP contribution >= 0.6 is 0 Å². The third-order valence-electron chi connectivity index (χ3n) is 5.19. The Morgan fingerprint density at radius 2 is 1.67 bits per heavy atom. The second-order valence-corrected chi connectivity index (χ2v) is 8.01. The number of hydrogen-bond acceptors (Lipinski definition) is 7. The molecule has 1 aromatic heterocycles. The van der Waals surface area contributed by atoms with Gasteiger partial charge in [-0.05, 0) is 18.1 Å². The van der Waals surface area contributed by atoms with Crippen LogP contribution in [-0.4, -0.2) is 75.4 Å². The lowest BCUT2D eigenvalue weighted by Gasteiger charge is -2.21. The average Bonchev–Trinajstić information content (AvgIpc) is 3.21. The molecule has 4 amide bonds. The Balaban J connectivity index is 2.15. The summed E-state index contributed by atoms with van der Waals surface area (Å²) in [6.07, 6.45) is 0.321. The first-order valence-corrected chi connectivity index (χ1v) is 10.9. The van der Waals surface area contributed by atoms with Gasteiger partial charge in [-0.15, -0.1) is 0 Å². The lowest BCUT2D eigenvalue weighted by Crippen LogP contribution is -2.54. The highest BCUT2D eigenvalue weighted by molar-refractivity contribution is 5.94. The molecular formula is C22H28N6O8. The number of carboxylic acids is 2. The lowest BCUT2D eigenvalue weighted by molar-refractivity contribution is -0.143. The highest BCUT2D eigenvalue weighted by Crippen LogP contribution is 2.19. The standard InChI is InChI=1S/C22H28N6O8/c23-13(8-17(24)29)20(33)26-10-18(30)27-16(7-11-9-25-14-4-2-1-3-12(11)14)21(34)28-15(22(35)36)5-6-19(31)32/h1-4,9,13,15-16,25H,5-8,10,23H2,(H2,24,29)(H,26,33)(H,27,30)(H,28,34)(H,31,32)(H,35,36). The first-order chi connectivity index (χ1) is 17.0. The quantitative estimate of drug-likeness (QED) is 0.141. The van der Waals surface area contributed by atoms with Crippen LogP contribution in [0.1, 0.15) is 24.8 Å². The average molecular weight is 505 g/mol. The Bertz CT molecular complexity index is 1150. The Morgan fingerprint density at radius 3 is 2.31 bits per heavy atom. The second kappa shape index (κ2) is 12.9. The number of H-pyrrole nitrogens is 1. The molecule has 1 aromatic carbocycles. The number of rotatable bonds is 14. The number of nitrogens with two attached hydrogens (primary N) is 2. The fourth-order valence-corrected chi connectivity index (χ4v) is 3.38. The van der Waals surface area contributed by atoms with Crippen LogP contribution in [0.4, 0.5) is 0 Å². The van der Waals surface area contributed by atoms with Crippen molar-refractivity contribution < 1.29 is 39.0 Å². The van der Waals surface area contributed by atoms with E-state index in [0.717, 1.165) is 10.9 Å². The van der Waals surface area contributed by atoms with Crippen molar-refractivity contribution in [1.82, 2.24) is 20.9 Å². The molecule has 2 rings (SSSR count). The molecule has 3 atom stereocenters. The van der Waals surface area contributed by atoms with Crippen molar-refractivity contribution in [3.8, 4) is 0 Å². The molecule has 0 saturated heterocycles. The number of aromatic nitrogens is 1. The number of hydrogen-bond donors (Lipinski definition) is 8. The van der Waals surface area contributed by atoms with Gasteiger partial charge in [-0.3, -0.25) is 24.0 Å². The molecule has 10 N–H and O–H groups in total. The second-order valence-electron chi connectivity index (χ2n) is 8.01. The molecule has 1 heterocycles. The third kappa shape index (κ3) is 8.39. The summed E-state index contributed by atoms with van der Waals surface area (Å²) in [6.45, 7) is -0.579. The summed E-state index contributed by atoms with van der Waals surface area (Å²) in [5.74, 6) is -5.91. The molecule has 0 spiro atoms. The zero-order valence-corrected chi connectivity index (χ0v) is 19.2. The largest absolute Gasteiger partial charge is 0.481 e. The monoisotopic (exact) mass is 504 g/mol. The summed E-state index contributed by atoms with van der Waals surface area (Å²) >= 11 is 0. The van der Waals surface area contributed by atoms with Gasteiger partial charge in [-0.25, -0.2) is 4.79 Å². The molecule has 36 heavy (non-hydrogen) atoms. The molecule has 0 aliphatic rings. The number of aliphatic carboxylic acids is 2. The maximum absolute atomic E-state index is 13.0. The summed E-state index contributed by atoms with van der Waals surface area (Å²) in [5.41, 5.74) is 11.9. The molecule has 14 heteroatoms. The van der Waals surface area contributed by atoms with Gasteiger partial charge < -0.3 is 42.6 Å². The number of benzene rings is 1. The fraction of sp³-hybridized carbons (Fsp3) is 0.364. The summed E-state index contributed by atoms with van der Waals surface area (Å²) in [4.78, 5) is 73.7. The van der Waals surface area contributed by atoms with Gasteiger partial charge in [-0.2, -0.15) is 0 Å². The zero-order valence-electron chi connectivity index (χ0n) is 19.2. The van der Waals surface area contributed by atoms with E-state index in [1.165, 1.54) is 0 Å². The van der Waals surface area contributed by atoms with E-state index in [-0.39, 0.29) is 12.8 Å². The molecule has 14 nitrogen and oxygen atoms in total. The number of carboxylic acid groups (broad SMARTS) is 2. The van der Waals surface area contributed by atoms with Gasteiger partial charge in [-0.1, -0.05) is 18.2 Å². The van der Waals surface area contributed by atoms with Gasteiger partial charge in [0.1, 0.15) is 12.1 Å². The van der Waals surface area contributed by atoms with Crippen molar-refractivity contribution in [2.45, 2.75) is 43.8 Å². The Hall–Kier alpha value is -4.46. The van der Waals surface area contributed by atoms with E-state index in [0.29, 0.717) is 5.56 Å². The predicted octanol–water partition coefficient (Wildman–Crippen LogP) is -2.05. The minimum atomic E-state index is -1.50. The first kappa shape index (κ1) is 27.8. The molecule has 0 saturated carbocycles. The zero-order chi connectivity index (χ0) is 26.8. The molecule has 0 aliphatic carbocycles. The van der Waals surface area contributed by atoms with Gasteiger partial charge >= 0.3 is 11.9 Å². The van der Waals surface area contributed by atoms with Crippen molar-refractivity contribution in [2.24, 2.45) is 11.5 Å². The molecule has 0 radical (unpaired) electrons. The minimum absolute atomic E-state index is 0.0397. The van der Waals surface area contributed by atoms with Gasteiger partial charge in [0.05, 0.1) is 19.0 Å². The minimum Gasteiger partial charge on any atom is -0.481 e. The van der Waals surface area contributed by atoms with Crippen molar-refractivity contribution in [1.29, 1.82) is 0 Å². The number of carbonyl (C=O) groups is 6. The third-order valence-corrected chi connectivity index (χ3v) is 5.19. The summed E-state index contributed by atoms with van der Waals surface area (Å²) in [7, 11) is 0. The van der Waals surface area contributed by atoms with E-state index in [1.54, 1.807) is 24.4 Å². The summed E-state index contributed by atoms with van der Waals surface area (Å²) < 4.78 is 0. The van der Waals surface area contributed by atoms with Crippen molar-refractivity contribution in [3.05, 3.63) is 36.0 Å². The smallest absolute Gasteiger partial charge is 0.326 e. The Labute approximate surface area is 204 Å². The van der Waals surface area contributed by atoms with Crippen molar-refractivity contribution >= 4 is 46.5 Å². The van der Waals surface area contributed by atoms with E-state index in [1.807, 2.05) is 6.07 Å². The van der Waals surface area contributed by atoms with Gasteiger partial charge in [0.15, 0.2) is 0 Å². The number of carbonyl (C=O) groups excluding carboxylic acids is 4. The number of primary amides is 1. The fourth-order valence-electron chi connectivity index (χ4n) is 3.38. The highest BCUT2D eigenvalue weighted by atomic mass is 16.4. The van der Waals surface area contributed by atoms with E-state index in [4.69, 9.17) is 16.6 Å². The van der Waals surface area contributed by atoms with E-state index in [2.05, 4.69) is 20.9 Å². The van der Waals surface area contributed by atoms with Crippen LogP contribution in [0.15, 0.2) is 30.5 Å². The van der Waals surface area contributed by atoms with E-state index < -0.39 is 73.1 Å². The highest BCUT2D eigenvalue weighted by Gasteiger charge is 2.28. The number of amides is 4. The molecular weight excluding hydrogens is 476 g/mol. The van der Waals surface area contributed by atoms with E-state index >= 15 is 0 Å². The molecule has 194 valence electrons. The molecule has 0 aliphatic heterocycles. The molecule has 2 aromatic rings. The van der Waals surface area contributed by atoms with Gasteiger partial charge in [0.2, 0.25) is 23.6 Å². The maximum Gasteiger partial charge on any atom is 0.326 e. The predicted molar refractivity (Wildman–Crippen MR) is 125 cm³/mol. The number of para-hydroxylation sites is 1. The summed E-state index contributed by atoms with van der Waals surface area (Å²) in [5, 5.41) is 25.9. The van der Waals surface area contributed by atoms with Crippen LogP contribution in [0.2, 0.25) is 0 Å². The number of nitrogens with one attached hydrogen (secondary N) is 4. The molecule has 0 bridgehead atoms. The Morgan fingerprint density at radius 1 is 0.972 bits per heavy atom. The van der Waals surface area contributed by atoms with E-state index in [9.17, 15) is 33.9 Å². The number of aromatic amines is 1. The summed E-state index contributed by atoms with van der Waals surface area (Å²) in [6, 6.07) is 3.17. The van der Waals surface area contributed by atoms with Crippen LogP contribution < -0.4 is 27.4 Å². The lowest BCUT2D eigenvalue weighted by atomic mass is 10.0. The maximum atomic E-state index is 13.0. The van der Waals surface area contributed by atoms with Gasteiger partial charge in [0, 0.05) is 29.9 Å². The Kier molecular flexibility index (Phi) is 9.92. The number of fused-ring (bicyclic) bond motifs is 1. The molecule has 0 fully saturated rings. The topological polar surface area (TPSA) is 247 Å². The van der Waals surface area contributed by atoms with Crippen LogP contribution in [0.5, 0.6) is 0 Å². The molecule has 3 unspecified atom stereocenters. The van der Waals surface area contributed by atoms with Crippen LogP contribution in [0.25, 0.3) is 10.9 Å². The van der Waals surface area contributed by atoms with Crippen molar-refractivity contribution in [3.63, 3.8) is 0 Å². The first-order valence-electron chi connectivity index (χ1n) is 10.9. The SMILES string of the molecule is NC(=O)CC(N)C(=O)NCC(=O)NC(Cc1c[nH]c2ccccc12)C(=O)NC(CCC(=O)O)C(=O)O. The van der Waals surface area contributed by atoms with Crippen molar-refractivity contribution in [2.75, 3.05) is 6.54 Å². The normalized spacial score (nSPS) is 13.2.